The summed E-state index contributed by atoms with van der Waals surface area (Å²) in [5, 5.41) is 20.6. The number of rotatable bonds is 13. The summed E-state index contributed by atoms with van der Waals surface area (Å²) >= 11 is 0. The lowest BCUT2D eigenvalue weighted by atomic mass is 9.88. The lowest BCUT2D eigenvalue weighted by molar-refractivity contribution is -0.140. The summed E-state index contributed by atoms with van der Waals surface area (Å²) in [5.74, 6) is 0.595. The van der Waals surface area contributed by atoms with Crippen LogP contribution in [0.1, 0.15) is 84.5 Å². The first-order valence-electron chi connectivity index (χ1n) is 10.4. The van der Waals surface area contributed by atoms with E-state index in [9.17, 15) is 19.8 Å². The zero-order valence-electron chi connectivity index (χ0n) is 17.3. The van der Waals surface area contributed by atoms with E-state index < -0.39 is 5.60 Å². The van der Waals surface area contributed by atoms with Gasteiger partial charge in [0.25, 0.3) is 0 Å². The smallest absolute Gasteiger partial charge is 0.305 e. The van der Waals surface area contributed by atoms with Crippen molar-refractivity contribution in [3.63, 3.8) is 0 Å². The van der Waals surface area contributed by atoms with Gasteiger partial charge in [-0.05, 0) is 58.3 Å². The average Bonchev–Trinajstić information content (AvgIpc) is 2.96. The maximum Gasteiger partial charge on any atom is 0.305 e. The Balaban J connectivity index is 2.33. The molecule has 0 aromatic carbocycles. The quantitative estimate of drug-likeness (QED) is 0.286. The molecule has 1 fully saturated rings. The van der Waals surface area contributed by atoms with Gasteiger partial charge in [-0.2, -0.15) is 0 Å². The molecule has 0 radical (unpaired) electrons. The van der Waals surface area contributed by atoms with E-state index in [1.807, 2.05) is 6.08 Å². The highest BCUT2D eigenvalue weighted by atomic mass is 16.5. The number of ether oxygens (including phenoxy) is 1. The van der Waals surface area contributed by atoms with Crippen molar-refractivity contribution in [1.29, 1.82) is 0 Å². The molecule has 1 aliphatic carbocycles. The van der Waals surface area contributed by atoms with Gasteiger partial charge in [-0.15, -0.1) is 0 Å². The largest absolute Gasteiger partial charge is 0.469 e. The number of carbonyl (C=O) groups is 2. The molecule has 4 atom stereocenters. The second-order valence-electron chi connectivity index (χ2n) is 8.34. The average molecular weight is 383 g/mol. The fourth-order valence-electron chi connectivity index (χ4n) is 3.86. The Morgan fingerprint density at radius 2 is 1.85 bits per heavy atom. The summed E-state index contributed by atoms with van der Waals surface area (Å²) in [6.45, 7) is 3.30. The molecule has 0 aromatic rings. The SMILES string of the molecule is COC(=O)CCCCCC[C@H]1CC[C@H](O)[C@@H]1/C=C/C[C@](C)(O)CCC(C)=O. The van der Waals surface area contributed by atoms with Crippen molar-refractivity contribution in [1.82, 2.24) is 0 Å². The molecule has 1 saturated carbocycles. The molecule has 0 amide bonds. The van der Waals surface area contributed by atoms with E-state index in [4.69, 9.17) is 0 Å². The van der Waals surface area contributed by atoms with Gasteiger partial charge >= 0.3 is 5.97 Å². The lowest BCUT2D eigenvalue weighted by Crippen LogP contribution is -2.24. The maximum atomic E-state index is 11.1. The summed E-state index contributed by atoms with van der Waals surface area (Å²) in [5.41, 5.74) is -0.874. The highest BCUT2D eigenvalue weighted by Crippen LogP contribution is 2.37. The molecular formula is C22H38O5. The Morgan fingerprint density at radius 3 is 2.52 bits per heavy atom. The number of ketones is 1. The predicted octanol–water partition coefficient (Wildman–Crippen LogP) is 3.95. The molecule has 0 unspecified atom stereocenters. The van der Waals surface area contributed by atoms with Crippen molar-refractivity contribution in [3.8, 4) is 0 Å². The first-order valence-corrected chi connectivity index (χ1v) is 10.4. The van der Waals surface area contributed by atoms with E-state index in [2.05, 4.69) is 10.8 Å². The molecule has 2 N–H and O–H groups in total. The Bertz CT molecular complexity index is 483. The number of aliphatic hydroxyl groups is 2. The molecule has 0 aliphatic heterocycles. The van der Waals surface area contributed by atoms with Crippen LogP contribution in [-0.2, 0) is 14.3 Å². The Morgan fingerprint density at radius 1 is 1.15 bits per heavy atom. The predicted molar refractivity (Wildman–Crippen MR) is 106 cm³/mol. The number of methoxy groups -OCH3 is 1. The minimum atomic E-state index is -0.874. The zero-order chi connectivity index (χ0) is 20.3. The first-order chi connectivity index (χ1) is 12.7. The molecular weight excluding hydrogens is 344 g/mol. The molecule has 0 saturated heterocycles. The van der Waals surface area contributed by atoms with E-state index in [1.54, 1.807) is 13.8 Å². The number of hydrogen-bond acceptors (Lipinski definition) is 5. The molecule has 5 nitrogen and oxygen atoms in total. The van der Waals surface area contributed by atoms with Crippen molar-refractivity contribution in [2.45, 2.75) is 96.2 Å². The van der Waals surface area contributed by atoms with Gasteiger partial charge in [-0.3, -0.25) is 4.79 Å². The number of hydrogen-bond donors (Lipinski definition) is 2. The standard InChI is InChI=1S/C22H38O5/c1-17(23)14-16-22(2,26)15-8-10-19-18(12-13-20(19)24)9-6-4-5-7-11-21(25)27-3/h8,10,18-20,24,26H,4-7,9,11-16H2,1-3H3/b10-8+/t18-,19+,20-,22-/m0/s1. The Hall–Kier alpha value is -1.20. The zero-order valence-corrected chi connectivity index (χ0v) is 17.3. The highest BCUT2D eigenvalue weighted by molar-refractivity contribution is 5.75. The van der Waals surface area contributed by atoms with E-state index in [-0.39, 0.29) is 23.8 Å². The molecule has 1 aliphatic rings. The van der Waals surface area contributed by atoms with Gasteiger partial charge in [0.05, 0.1) is 18.8 Å². The van der Waals surface area contributed by atoms with Gasteiger partial charge in [0.15, 0.2) is 0 Å². The summed E-state index contributed by atoms with van der Waals surface area (Å²) in [6.07, 6.45) is 12.7. The van der Waals surface area contributed by atoms with Crippen LogP contribution in [0.2, 0.25) is 0 Å². The second-order valence-corrected chi connectivity index (χ2v) is 8.34. The summed E-state index contributed by atoms with van der Waals surface area (Å²) in [4.78, 5) is 22.2. The third kappa shape index (κ3) is 10.1. The fourth-order valence-corrected chi connectivity index (χ4v) is 3.86. The summed E-state index contributed by atoms with van der Waals surface area (Å²) < 4.78 is 4.64. The molecule has 0 spiro atoms. The van der Waals surface area contributed by atoms with Crippen molar-refractivity contribution < 1.29 is 24.5 Å². The van der Waals surface area contributed by atoms with E-state index in [1.165, 1.54) is 7.11 Å². The number of aliphatic hydroxyl groups excluding tert-OH is 1. The van der Waals surface area contributed by atoms with Crippen LogP contribution in [0.25, 0.3) is 0 Å². The number of unbranched alkanes of at least 4 members (excludes halogenated alkanes) is 3. The van der Waals surface area contributed by atoms with Crippen LogP contribution in [0.15, 0.2) is 12.2 Å². The second kappa shape index (κ2) is 12.3. The van der Waals surface area contributed by atoms with Crippen molar-refractivity contribution >= 4 is 11.8 Å². The highest BCUT2D eigenvalue weighted by Gasteiger charge is 2.32. The molecule has 0 bridgehead atoms. The van der Waals surface area contributed by atoms with Gasteiger partial charge in [0.2, 0.25) is 0 Å². The number of carbonyl (C=O) groups excluding carboxylic acids is 2. The Kier molecular flexibility index (Phi) is 10.9. The molecule has 0 heterocycles. The van der Waals surface area contributed by atoms with Gasteiger partial charge in [-0.25, -0.2) is 0 Å². The van der Waals surface area contributed by atoms with Crippen molar-refractivity contribution in [2.75, 3.05) is 7.11 Å². The van der Waals surface area contributed by atoms with Crippen molar-refractivity contribution in [2.24, 2.45) is 11.8 Å². The minimum Gasteiger partial charge on any atom is -0.469 e. The van der Waals surface area contributed by atoms with Crippen LogP contribution in [0.4, 0.5) is 0 Å². The molecule has 1 rings (SSSR count). The van der Waals surface area contributed by atoms with Gasteiger partial charge in [-0.1, -0.05) is 31.4 Å². The molecule has 0 aromatic heterocycles. The Labute approximate surface area is 164 Å². The topological polar surface area (TPSA) is 83.8 Å². The molecule has 27 heavy (non-hydrogen) atoms. The molecule has 156 valence electrons. The van der Waals surface area contributed by atoms with Gasteiger partial charge in [0, 0.05) is 18.8 Å². The minimum absolute atomic E-state index is 0.0946. The van der Waals surface area contributed by atoms with E-state index in [0.29, 0.717) is 31.6 Å². The third-order valence-corrected chi connectivity index (χ3v) is 5.69. The normalized spacial score (nSPS) is 24.9. The van der Waals surface area contributed by atoms with Crippen LogP contribution in [-0.4, -0.2) is 40.8 Å². The van der Waals surface area contributed by atoms with E-state index >= 15 is 0 Å². The van der Waals surface area contributed by atoms with Crippen LogP contribution in [0.3, 0.4) is 0 Å². The third-order valence-electron chi connectivity index (χ3n) is 5.69. The first kappa shape index (κ1) is 23.8. The van der Waals surface area contributed by atoms with Crippen LogP contribution in [0, 0.1) is 11.8 Å². The van der Waals surface area contributed by atoms with Crippen LogP contribution in [0.5, 0.6) is 0 Å². The lowest BCUT2D eigenvalue weighted by Gasteiger charge is -2.22. The number of Topliss-reactive ketones (excluding diaryl/α,β-unsaturated/α-hetero) is 1. The monoisotopic (exact) mass is 382 g/mol. The summed E-state index contributed by atoms with van der Waals surface area (Å²) in [7, 11) is 1.42. The maximum absolute atomic E-state index is 11.1. The van der Waals surface area contributed by atoms with Crippen LogP contribution >= 0.6 is 0 Å². The van der Waals surface area contributed by atoms with E-state index in [0.717, 1.165) is 44.9 Å². The number of esters is 1. The summed E-state index contributed by atoms with van der Waals surface area (Å²) in [6, 6.07) is 0. The van der Waals surface area contributed by atoms with Crippen LogP contribution < -0.4 is 0 Å². The van der Waals surface area contributed by atoms with Gasteiger partial charge in [0.1, 0.15) is 5.78 Å². The molecule has 5 heteroatoms. The van der Waals surface area contributed by atoms with Gasteiger partial charge < -0.3 is 19.7 Å². The fraction of sp³-hybridized carbons (Fsp3) is 0.818. The van der Waals surface area contributed by atoms with Crippen molar-refractivity contribution in [3.05, 3.63) is 12.2 Å².